The molecule has 0 radical (unpaired) electrons. The van der Waals surface area contributed by atoms with Crippen LogP contribution in [-0.2, 0) is 4.79 Å². The molecule has 1 aromatic carbocycles. The van der Waals surface area contributed by atoms with Gasteiger partial charge < -0.3 is 15.5 Å². The number of hydrogen-bond donors (Lipinski definition) is 1. The zero-order valence-corrected chi connectivity index (χ0v) is 15.6. The van der Waals surface area contributed by atoms with Crippen molar-refractivity contribution < 1.29 is 9.59 Å². The Morgan fingerprint density at radius 3 is 2.62 bits per heavy atom. The molecule has 2 aliphatic heterocycles. The summed E-state index contributed by atoms with van der Waals surface area (Å²) in [5, 5.41) is 0.592. The molecule has 8 heteroatoms. The van der Waals surface area contributed by atoms with Crippen LogP contribution < -0.4 is 5.73 Å². The lowest BCUT2D eigenvalue weighted by molar-refractivity contribution is -0.133. The molecule has 1 aromatic rings. The first-order valence-electron chi connectivity index (χ1n) is 7.73. The zero-order valence-electron chi connectivity index (χ0n) is 13.2. The fourth-order valence-electron chi connectivity index (χ4n) is 3.04. The minimum absolute atomic E-state index is 0. The van der Waals surface area contributed by atoms with Gasteiger partial charge in [-0.1, -0.05) is 11.6 Å². The summed E-state index contributed by atoms with van der Waals surface area (Å²) in [6, 6.07) is 6.42. The summed E-state index contributed by atoms with van der Waals surface area (Å²) in [5.41, 5.74) is 6.26. The van der Waals surface area contributed by atoms with Crippen LogP contribution in [0.15, 0.2) is 24.3 Å². The standard InChI is InChI=1S/C16H20ClN3O2S.ClH/c17-13-3-1-12(2-4-13)15(21)20-10-23-9-14(20)16(22)19-6-5-11(7-18)8-19;/h1-4,11,14H,5-10,18H2;1H. The number of nitrogens with zero attached hydrogens (tertiary/aromatic N) is 2. The molecule has 2 N–H and O–H groups in total. The van der Waals surface area contributed by atoms with Gasteiger partial charge >= 0.3 is 0 Å². The van der Waals surface area contributed by atoms with Crippen molar-refractivity contribution in [2.75, 3.05) is 31.3 Å². The van der Waals surface area contributed by atoms with Crippen LogP contribution in [0, 0.1) is 5.92 Å². The van der Waals surface area contributed by atoms with E-state index in [2.05, 4.69) is 0 Å². The first-order chi connectivity index (χ1) is 11.1. The Hall–Kier alpha value is -0.950. The second-order valence-electron chi connectivity index (χ2n) is 5.97. The minimum atomic E-state index is -0.375. The van der Waals surface area contributed by atoms with Crippen LogP contribution in [0.3, 0.4) is 0 Å². The first-order valence-corrected chi connectivity index (χ1v) is 9.26. The van der Waals surface area contributed by atoms with Crippen molar-refractivity contribution >= 4 is 47.6 Å². The van der Waals surface area contributed by atoms with Crippen LogP contribution in [0.5, 0.6) is 0 Å². The normalized spacial score (nSPS) is 23.2. The highest BCUT2D eigenvalue weighted by atomic mass is 35.5. The number of carbonyl (C=O) groups is 2. The molecule has 0 spiro atoms. The van der Waals surface area contributed by atoms with Crippen molar-refractivity contribution in [1.29, 1.82) is 0 Å². The average Bonchev–Trinajstić information content (AvgIpc) is 3.23. The fourth-order valence-corrected chi connectivity index (χ4v) is 4.31. The summed E-state index contributed by atoms with van der Waals surface area (Å²) in [6.45, 7) is 2.06. The van der Waals surface area contributed by atoms with Crippen molar-refractivity contribution in [2.24, 2.45) is 11.7 Å². The zero-order chi connectivity index (χ0) is 16.4. The Labute approximate surface area is 157 Å². The number of nitrogens with two attached hydrogens (primary N) is 1. The summed E-state index contributed by atoms with van der Waals surface area (Å²) < 4.78 is 0. The van der Waals surface area contributed by atoms with Gasteiger partial charge in [0.05, 0.1) is 5.88 Å². The van der Waals surface area contributed by atoms with Gasteiger partial charge in [0.15, 0.2) is 0 Å². The molecule has 2 fully saturated rings. The number of hydrogen-bond acceptors (Lipinski definition) is 4. The van der Waals surface area contributed by atoms with Crippen LogP contribution in [0.2, 0.25) is 5.02 Å². The van der Waals surface area contributed by atoms with Crippen LogP contribution in [-0.4, -0.2) is 58.9 Å². The summed E-state index contributed by atoms with van der Waals surface area (Å²) >= 11 is 7.49. The smallest absolute Gasteiger partial charge is 0.255 e. The highest BCUT2D eigenvalue weighted by Crippen LogP contribution is 2.27. The minimum Gasteiger partial charge on any atom is -0.341 e. The van der Waals surface area contributed by atoms with Gasteiger partial charge in [-0.2, -0.15) is 0 Å². The SMILES string of the molecule is Cl.NCC1CCN(C(=O)C2CSCN2C(=O)c2ccc(Cl)cc2)C1. The average molecular weight is 390 g/mol. The van der Waals surface area contributed by atoms with Crippen molar-refractivity contribution in [2.45, 2.75) is 12.5 Å². The van der Waals surface area contributed by atoms with E-state index in [9.17, 15) is 9.59 Å². The van der Waals surface area contributed by atoms with Crippen LogP contribution in [0.1, 0.15) is 16.8 Å². The van der Waals surface area contributed by atoms with Crippen LogP contribution >= 0.6 is 35.8 Å². The van der Waals surface area contributed by atoms with Gasteiger partial charge in [-0.15, -0.1) is 24.2 Å². The predicted molar refractivity (Wildman–Crippen MR) is 99.7 cm³/mol. The van der Waals surface area contributed by atoms with Crippen LogP contribution in [0.4, 0.5) is 0 Å². The monoisotopic (exact) mass is 389 g/mol. The second kappa shape index (κ2) is 8.43. The first kappa shape index (κ1) is 19.4. The molecule has 3 rings (SSSR count). The lowest BCUT2D eigenvalue weighted by atomic mass is 10.1. The third-order valence-corrected chi connectivity index (χ3v) is 5.71. The van der Waals surface area contributed by atoms with Crippen LogP contribution in [0.25, 0.3) is 0 Å². The molecular formula is C16H21Cl2N3O2S. The predicted octanol–water partition coefficient (Wildman–Crippen LogP) is 2.08. The molecule has 0 aromatic heterocycles. The second-order valence-corrected chi connectivity index (χ2v) is 7.41. The van der Waals surface area contributed by atoms with E-state index in [0.717, 1.165) is 13.0 Å². The van der Waals surface area contributed by atoms with E-state index in [1.807, 2.05) is 4.90 Å². The molecule has 5 nitrogen and oxygen atoms in total. The largest absolute Gasteiger partial charge is 0.341 e. The molecule has 0 saturated carbocycles. The Bertz CT molecular complexity index is 599. The molecule has 2 unspecified atom stereocenters. The number of thioether (sulfide) groups is 1. The summed E-state index contributed by atoms with van der Waals surface area (Å²) in [5.74, 6) is 1.52. The Kier molecular flexibility index (Phi) is 6.80. The summed E-state index contributed by atoms with van der Waals surface area (Å²) in [7, 11) is 0. The number of rotatable bonds is 3. The van der Waals surface area contributed by atoms with E-state index in [-0.39, 0.29) is 30.3 Å². The molecule has 2 saturated heterocycles. The van der Waals surface area contributed by atoms with Gasteiger partial charge in [-0.25, -0.2) is 0 Å². The maximum atomic E-state index is 12.8. The van der Waals surface area contributed by atoms with E-state index in [0.29, 0.717) is 41.2 Å². The van der Waals surface area contributed by atoms with Gasteiger partial charge in [0.1, 0.15) is 6.04 Å². The van der Waals surface area contributed by atoms with E-state index in [1.54, 1.807) is 40.9 Å². The van der Waals surface area contributed by atoms with Gasteiger partial charge in [0, 0.05) is 29.4 Å². The number of carbonyl (C=O) groups excluding carboxylic acids is 2. The van der Waals surface area contributed by atoms with Gasteiger partial charge in [0.25, 0.3) is 5.91 Å². The van der Waals surface area contributed by atoms with E-state index in [4.69, 9.17) is 17.3 Å². The lowest BCUT2D eigenvalue weighted by Gasteiger charge is -2.27. The molecule has 24 heavy (non-hydrogen) atoms. The third-order valence-electron chi connectivity index (χ3n) is 4.45. The van der Waals surface area contributed by atoms with E-state index >= 15 is 0 Å². The quantitative estimate of drug-likeness (QED) is 0.858. The Morgan fingerprint density at radius 2 is 2.00 bits per heavy atom. The van der Waals surface area contributed by atoms with Gasteiger partial charge in [-0.05, 0) is 43.1 Å². The highest BCUT2D eigenvalue weighted by Gasteiger charge is 2.39. The van der Waals surface area contributed by atoms with E-state index in [1.165, 1.54) is 0 Å². The number of amides is 2. The maximum Gasteiger partial charge on any atom is 0.255 e. The van der Waals surface area contributed by atoms with E-state index < -0.39 is 0 Å². The van der Waals surface area contributed by atoms with Crippen molar-refractivity contribution in [3.8, 4) is 0 Å². The third kappa shape index (κ3) is 3.99. The molecule has 2 aliphatic rings. The molecule has 2 amide bonds. The molecule has 2 heterocycles. The fraction of sp³-hybridized carbons (Fsp3) is 0.500. The van der Waals surface area contributed by atoms with Crippen molar-refractivity contribution in [3.63, 3.8) is 0 Å². The number of likely N-dealkylation sites (tertiary alicyclic amines) is 1. The Morgan fingerprint density at radius 1 is 1.29 bits per heavy atom. The molecular weight excluding hydrogens is 369 g/mol. The highest BCUT2D eigenvalue weighted by molar-refractivity contribution is 7.99. The van der Waals surface area contributed by atoms with Crippen molar-refractivity contribution in [3.05, 3.63) is 34.9 Å². The molecule has 0 aliphatic carbocycles. The summed E-state index contributed by atoms with van der Waals surface area (Å²) in [6.07, 6.45) is 0.952. The van der Waals surface area contributed by atoms with Gasteiger partial charge in [0.2, 0.25) is 5.91 Å². The van der Waals surface area contributed by atoms with Gasteiger partial charge in [-0.3, -0.25) is 9.59 Å². The Balaban J connectivity index is 0.00000208. The lowest BCUT2D eigenvalue weighted by Crippen LogP contribution is -2.48. The molecule has 2 atom stereocenters. The number of benzene rings is 1. The van der Waals surface area contributed by atoms with Crippen molar-refractivity contribution in [1.82, 2.24) is 9.80 Å². The molecule has 0 bridgehead atoms. The molecule has 132 valence electrons. The topological polar surface area (TPSA) is 66.6 Å². The summed E-state index contributed by atoms with van der Waals surface area (Å²) in [4.78, 5) is 29.0. The number of halogens is 2. The maximum absolute atomic E-state index is 12.8.